The SMILES string of the molecule is C.CCOCCC(F)(F)C(F)(F)F. The number of hydrogen-bond acceptors (Lipinski definition) is 1. The summed E-state index contributed by atoms with van der Waals surface area (Å²) in [5, 5.41) is 0. The van der Waals surface area contributed by atoms with Gasteiger partial charge in [-0.3, -0.25) is 0 Å². The Morgan fingerprint density at radius 3 is 1.85 bits per heavy atom. The molecule has 1 nitrogen and oxygen atoms in total. The van der Waals surface area contributed by atoms with E-state index in [1.807, 2.05) is 0 Å². The number of halogens is 5. The minimum absolute atomic E-state index is 0. The van der Waals surface area contributed by atoms with Gasteiger partial charge in [-0.15, -0.1) is 0 Å². The van der Waals surface area contributed by atoms with E-state index in [4.69, 9.17) is 0 Å². The molecule has 0 atom stereocenters. The Balaban J connectivity index is 0. The molecule has 0 radical (unpaired) electrons. The van der Waals surface area contributed by atoms with Crippen molar-refractivity contribution in [2.24, 2.45) is 0 Å². The lowest BCUT2D eigenvalue weighted by Crippen LogP contribution is -2.37. The van der Waals surface area contributed by atoms with Gasteiger partial charge in [-0.1, -0.05) is 7.43 Å². The molecule has 0 bridgehead atoms. The smallest absolute Gasteiger partial charge is 0.382 e. The second-order valence-electron chi connectivity index (χ2n) is 2.15. The minimum Gasteiger partial charge on any atom is -0.382 e. The minimum atomic E-state index is -5.47. The molecule has 0 amide bonds. The van der Waals surface area contributed by atoms with Crippen LogP contribution in [0.15, 0.2) is 0 Å². The first kappa shape index (κ1) is 15.1. The summed E-state index contributed by atoms with van der Waals surface area (Å²) in [7, 11) is 0. The van der Waals surface area contributed by atoms with Crippen LogP contribution in [0.3, 0.4) is 0 Å². The molecule has 0 saturated heterocycles. The van der Waals surface area contributed by atoms with Gasteiger partial charge in [-0.25, -0.2) is 0 Å². The molecule has 0 aromatic rings. The largest absolute Gasteiger partial charge is 0.453 e. The van der Waals surface area contributed by atoms with Gasteiger partial charge >= 0.3 is 12.1 Å². The van der Waals surface area contributed by atoms with Crippen molar-refractivity contribution in [3.05, 3.63) is 0 Å². The van der Waals surface area contributed by atoms with Crippen LogP contribution in [0, 0.1) is 0 Å². The third-order valence-corrected chi connectivity index (χ3v) is 1.18. The van der Waals surface area contributed by atoms with E-state index in [1.165, 1.54) is 6.92 Å². The van der Waals surface area contributed by atoms with E-state index in [1.54, 1.807) is 0 Å². The van der Waals surface area contributed by atoms with E-state index in [9.17, 15) is 22.0 Å². The molecule has 0 saturated carbocycles. The molecule has 6 heteroatoms. The van der Waals surface area contributed by atoms with Gasteiger partial charge in [0.2, 0.25) is 0 Å². The molecule has 0 fully saturated rings. The maximum absolute atomic E-state index is 12.0. The van der Waals surface area contributed by atoms with Gasteiger partial charge in [0.15, 0.2) is 0 Å². The van der Waals surface area contributed by atoms with Crippen LogP contribution < -0.4 is 0 Å². The molecular weight excluding hydrogens is 195 g/mol. The predicted octanol–water partition coefficient (Wildman–Crippen LogP) is 3.25. The number of alkyl halides is 5. The Kier molecular flexibility index (Phi) is 6.23. The van der Waals surface area contributed by atoms with E-state index in [0.717, 1.165) is 0 Å². The monoisotopic (exact) mass is 208 g/mol. The molecule has 0 aliphatic rings. The van der Waals surface area contributed by atoms with Crippen molar-refractivity contribution in [3.63, 3.8) is 0 Å². The molecule has 0 heterocycles. The van der Waals surface area contributed by atoms with E-state index >= 15 is 0 Å². The average molecular weight is 208 g/mol. The van der Waals surface area contributed by atoms with Crippen LogP contribution in [0.2, 0.25) is 0 Å². The van der Waals surface area contributed by atoms with Gasteiger partial charge in [0.25, 0.3) is 0 Å². The quantitative estimate of drug-likeness (QED) is 0.509. The Morgan fingerprint density at radius 1 is 1.08 bits per heavy atom. The zero-order valence-corrected chi connectivity index (χ0v) is 6.42. The van der Waals surface area contributed by atoms with E-state index in [-0.39, 0.29) is 14.0 Å². The fourth-order valence-electron chi connectivity index (χ4n) is 0.486. The predicted molar refractivity (Wildman–Crippen MR) is 38.8 cm³/mol. The van der Waals surface area contributed by atoms with Crippen molar-refractivity contribution in [2.75, 3.05) is 13.2 Å². The van der Waals surface area contributed by atoms with Crippen LogP contribution in [0.5, 0.6) is 0 Å². The molecular formula is C7H13F5O. The third kappa shape index (κ3) is 5.02. The Bertz CT molecular complexity index is 131. The summed E-state index contributed by atoms with van der Waals surface area (Å²) in [5.74, 6) is -4.64. The summed E-state index contributed by atoms with van der Waals surface area (Å²) in [6.45, 7) is 1.07. The van der Waals surface area contributed by atoms with Crippen LogP contribution in [0.4, 0.5) is 22.0 Å². The highest BCUT2D eigenvalue weighted by atomic mass is 19.4. The summed E-state index contributed by atoms with van der Waals surface area (Å²) in [4.78, 5) is 0. The second kappa shape index (κ2) is 5.36. The highest BCUT2D eigenvalue weighted by Gasteiger charge is 2.56. The van der Waals surface area contributed by atoms with E-state index in [2.05, 4.69) is 4.74 Å². The molecule has 0 N–H and O–H groups in total. The standard InChI is InChI=1S/C6H9F5O.CH4/c1-2-12-4-3-5(7,8)6(9,10)11;/h2-4H2,1H3;1H4. The summed E-state index contributed by atoms with van der Waals surface area (Å²) < 4.78 is 62.8. The van der Waals surface area contributed by atoms with Crippen LogP contribution in [-0.2, 0) is 4.74 Å². The Hall–Kier alpha value is -0.390. The maximum Gasteiger partial charge on any atom is 0.453 e. The normalized spacial score (nSPS) is 12.5. The first-order valence-corrected chi connectivity index (χ1v) is 3.33. The zero-order chi connectivity index (χ0) is 9.83. The number of rotatable bonds is 4. The highest BCUT2D eigenvalue weighted by Crippen LogP contribution is 2.37. The van der Waals surface area contributed by atoms with Crippen LogP contribution in [0.25, 0.3) is 0 Å². The molecule has 0 aliphatic carbocycles. The van der Waals surface area contributed by atoms with Crippen LogP contribution >= 0.6 is 0 Å². The second-order valence-corrected chi connectivity index (χ2v) is 2.15. The Morgan fingerprint density at radius 2 is 1.54 bits per heavy atom. The summed E-state index contributed by atoms with van der Waals surface area (Å²) in [5.41, 5.74) is 0. The summed E-state index contributed by atoms with van der Waals surface area (Å²) in [6, 6.07) is 0. The summed E-state index contributed by atoms with van der Waals surface area (Å²) in [6.07, 6.45) is -6.78. The molecule has 0 aromatic heterocycles. The highest BCUT2D eigenvalue weighted by molar-refractivity contribution is 4.74. The molecule has 13 heavy (non-hydrogen) atoms. The van der Waals surface area contributed by atoms with Gasteiger partial charge in [0.05, 0.1) is 6.61 Å². The molecule has 0 aliphatic heterocycles. The molecule has 0 aromatic carbocycles. The van der Waals surface area contributed by atoms with Gasteiger partial charge in [0.1, 0.15) is 0 Å². The van der Waals surface area contributed by atoms with Crippen LogP contribution in [0.1, 0.15) is 20.8 Å². The van der Waals surface area contributed by atoms with Gasteiger partial charge in [-0.05, 0) is 6.92 Å². The van der Waals surface area contributed by atoms with Gasteiger partial charge in [0, 0.05) is 13.0 Å². The zero-order valence-electron chi connectivity index (χ0n) is 6.42. The van der Waals surface area contributed by atoms with Gasteiger partial charge < -0.3 is 4.74 Å². The van der Waals surface area contributed by atoms with Crippen LogP contribution in [-0.4, -0.2) is 25.3 Å². The molecule has 0 unspecified atom stereocenters. The van der Waals surface area contributed by atoms with Crippen molar-refractivity contribution >= 4 is 0 Å². The molecule has 0 rings (SSSR count). The Labute approximate surface area is 73.9 Å². The van der Waals surface area contributed by atoms with Gasteiger partial charge in [-0.2, -0.15) is 22.0 Å². The van der Waals surface area contributed by atoms with E-state index < -0.39 is 25.1 Å². The fraction of sp³-hybridized carbons (Fsp3) is 1.00. The van der Waals surface area contributed by atoms with Crippen molar-refractivity contribution in [1.82, 2.24) is 0 Å². The fourth-order valence-corrected chi connectivity index (χ4v) is 0.486. The maximum atomic E-state index is 12.0. The van der Waals surface area contributed by atoms with Crippen molar-refractivity contribution in [1.29, 1.82) is 0 Å². The lowest BCUT2D eigenvalue weighted by Gasteiger charge is -2.18. The van der Waals surface area contributed by atoms with Crippen molar-refractivity contribution < 1.29 is 26.7 Å². The molecule has 0 spiro atoms. The first-order valence-electron chi connectivity index (χ1n) is 3.33. The third-order valence-electron chi connectivity index (χ3n) is 1.18. The number of hydrogen-bond donors (Lipinski definition) is 0. The van der Waals surface area contributed by atoms with E-state index in [0.29, 0.717) is 0 Å². The van der Waals surface area contributed by atoms with Crippen molar-refractivity contribution in [2.45, 2.75) is 32.9 Å². The lowest BCUT2D eigenvalue weighted by molar-refractivity contribution is -0.286. The molecule has 82 valence electrons. The lowest BCUT2D eigenvalue weighted by atomic mass is 10.2. The van der Waals surface area contributed by atoms with Crippen molar-refractivity contribution in [3.8, 4) is 0 Å². The summed E-state index contributed by atoms with van der Waals surface area (Å²) >= 11 is 0. The first-order chi connectivity index (χ1) is 5.31. The average Bonchev–Trinajstić information content (AvgIpc) is 1.85. The number of ether oxygens (including phenoxy) is 1. The topological polar surface area (TPSA) is 9.23 Å².